The van der Waals surface area contributed by atoms with Crippen molar-refractivity contribution in [1.29, 1.82) is 0 Å². The fourth-order valence-corrected chi connectivity index (χ4v) is 1.84. The monoisotopic (exact) mass is 244 g/mol. The van der Waals surface area contributed by atoms with Gasteiger partial charge in [0.25, 0.3) is 5.56 Å². The van der Waals surface area contributed by atoms with Gasteiger partial charge in [0.05, 0.1) is 12.6 Å². The third-order valence-electron chi connectivity index (χ3n) is 2.70. The fraction of sp³-hybridized carbons (Fsp3) is 0.286. The van der Waals surface area contributed by atoms with Crippen LogP contribution in [0.2, 0.25) is 0 Å². The average molecular weight is 244 g/mol. The van der Waals surface area contributed by atoms with Crippen LogP contribution in [0.15, 0.2) is 41.3 Å². The van der Waals surface area contributed by atoms with E-state index in [0.717, 1.165) is 5.56 Å². The lowest BCUT2D eigenvalue weighted by Gasteiger charge is -2.14. The molecule has 1 N–H and O–H groups in total. The standard InChI is InChI=1S/C14H16N2O2/c1-10-8-15-13(12-6-4-3-5-7-12)16(14(10)18)9-11(2)17/h3-8,11,17H,9H2,1-2H3. The van der Waals surface area contributed by atoms with Crippen molar-refractivity contribution in [2.45, 2.75) is 26.5 Å². The highest BCUT2D eigenvalue weighted by molar-refractivity contribution is 5.55. The molecule has 0 bridgehead atoms. The van der Waals surface area contributed by atoms with E-state index in [9.17, 15) is 9.90 Å². The molecule has 1 atom stereocenters. The second-order valence-corrected chi connectivity index (χ2v) is 4.40. The Morgan fingerprint density at radius 2 is 2.00 bits per heavy atom. The Morgan fingerprint density at radius 3 is 2.61 bits per heavy atom. The quantitative estimate of drug-likeness (QED) is 0.892. The van der Waals surface area contributed by atoms with Crippen LogP contribution in [0.25, 0.3) is 11.4 Å². The molecular weight excluding hydrogens is 228 g/mol. The van der Waals surface area contributed by atoms with Crippen LogP contribution in [-0.4, -0.2) is 20.8 Å². The first-order valence-electron chi connectivity index (χ1n) is 5.89. The van der Waals surface area contributed by atoms with Gasteiger partial charge in [-0.1, -0.05) is 30.3 Å². The van der Waals surface area contributed by atoms with Crippen molar-refractivity contribution in [3.63, 3.8) is 0 Å². The SMILES string of the molecule is Cc1cnc(-c2ccccc2)n(CC(C)O)c1=O. The van der Waals surface area contributed by atoms with Crippen molar-refractivity contribution in [3.05, 3.63) is 52.4 Å². The summed E-state index contributed by atoms with van der Waals surface area (Å²) in [5.41, 5.74) is 1.34. The first-order valence-corrected chi connectivity index (χ1v) is 5.89. The Kier molecular flexibility index (Phi) is 3.58. The van der Waals surface area contributed by atoms with Crippen molar-refractivity contribution in [2.24, 2.45) is 0 Å². The van der Waals surface area contributed by atoms with Crippen LogP contribution >= 0.6 is 0 Å². The summed E-state index contributed by atoms with van der Waals surface area (Å²) in [5.74, 6) is 0.590. The lowest BCUT2D eigenvalue weighted by molar-refractivity contribution is 0.172. The third-order valence-corrected chi connectivity index (χ3v) is 2.70. The minimum absolute atomic E-state index is 0.107. The summed E-state index contributed by atoms with van der Waals surface area (Å²) in [6, 6.07) is 9.50. The zero-order valence-corrected chi connectivity index (χ0v) is 10.5. The van der Waals surface area contributed by atoms with Gasteiger partial charge in [0.1, 0.15) is 5.82 Å². The zero-order valence-electron chi connectivity index (χ0n) is 10.5. The zero-order chi connectivity index (χ0) is 13.1. The van der Waals surface area contributed by atoms with Crippen LogP contribution < -0.4 is 5.56 Å². The smallest absolute Gasteiger partial charge is 0.256 e. The first kappa shape index (κ1) is 12.5. The molecule has 18 heavy (non-hydrogen) atoms. The summed E-state index contributed by atoms with van der Waals surface area (Å²) in [4.78, 5) is 16.4. The van der Waals surface area contributed by atoms with Gasteiger partial charge in [0.15, 0.2) is 0 Å². The molecule has 1 heterocycles. The molecule has 2 rings (SSSR count). The molecule has 0 aliphatic heterocycles. The number of aliphatic hydroxyl groups is 1. The molecule has 1 aromatic carbocycles. The molecule has 0 amide bonds. The second-order valence-electron chi connectivity index (χ2n) is 4.40. The Morgan fingerprint density at radius 1 is 1.33 bits per heavy atom. The first-order chi connectivity index (χ1) is 8.59. The largest absolute Gasteiger partial charge is 0.392 e. The van der Waals surface area contributed by atoms with Gasteiger partial charge in [-0.2, -0.15) is 0 Å². The molecule has 0 aliphatic carbocycles. The van der Waals surface area contributed by atoms with E-state index in [1.165, 1.54) is 4.57 Å². The summed E-state index contributed by atoms with van der Waals surface area (Å²) >= 11 is 0. The van der Waals surface area contributed by atoms with Crippen LogP contribution in [-0.2, 0) is 6.54 Å². The Bertz CT molecular complexity index is 588. The second kappa shape index (κ2) is 5.14. The summed E-state index contributed by atoms with van der Waals surface area (Å²) in [5, 5.41) is 9.50. The summed E-state index contributed by atoms with van der Waals surface area (Å²) in [7, 11) is 0. The lowest BCUT2D eigenvalue weighted by Crippen LogP contribution is -2.29. The minimum atomic E-state index is -0.589. The van der Waals surface area contributed by atoms with Crippen molar-refractivity contribution in [1.82, 2.24) is 9.55 Å². The topological polar surface area (TPSA) is 55.1 Å². The van der Waals surface area contributed by atoms with Crippen LogP contribution in [0.5, 0.6) is 0 Å². The molecule has 0 fully saturated rings. The normalized spacial score (nSPS) is 12.4. The molecule has 0 radical (unpaired) electrons. The maximum absolute atomic E-state index is 12.1. The van der Waals surface area contributed by atoms with Gasteiger partial charge in [-0.3, -0.25) is 9.36 Å². The Labute approximate surface area is 106 Å². The van der Waals surface area contributed by atoms with Gasteiger partial charge in [-0.25, -0.2) is 4.98 Å². The molecular formula is C14H16N2O2. The molecule has 1 aromatic heterocycles. The van der Waals surface area contributed by atoms with E-state index < -0.39 is 6.10 Å². The molecule has 4 nitrogen and oxygen atoms in total. The predicted octanol–water partition coefficient (Wildman–Crippen LogP) is 1.60. The maximum Gasteiger partial charge on any atom is 0.256 e. The summed E-state index contributed by atoms with van der Waals surface area (Å²) in [6.45, 7) is 3.63. The highest BCUT2D eigenvalue weighted by atomic mass is 16.3. The van der Waals surface area contributed by atoms with E-state index in [4.69, 9.17) is 0 Å². The van der Waals surface area contributed by atoms with Gasteiger partial charge in [0, 0.05) is 17.3 Å². The van der Waals surface area contributed by atoms with E-state index in [1.54, 1.807) is 20.0 Å². The number of aromatic nitrogens is 2. The van der Waals surface area contributed by atoms with Crippen LogP contribution in [0.4, 0.5) is 0 Å². The number of benzene rings is 1. The maximum atomic E-state index is 12.1. The summed E-state index contributed by atoms with van der Waals surface area (Å²) < 4.78 is 1.52. The molecule has 0 spiro atoms. The van der Waals surface area contributed by atoms with Crippen LogP contribution in [0.1, 0.15) is 12.5 Å². The van der Waals surface area contributed by atoms with E-state index >= 15 is 0 Å². The fourth-order valence-electron chi connectivity index (χ4n) is 1.84. The van der Waals surface area contributed by atoms with E-state index in [2.05, 4.69) is 4.98 Å². The van der Waals surface area contributed by atoms with E-state index in [0.29, 0.717) is 11.4 Å². The number of hydrogen-bond donors (Lipinski definition) is 1. The predicted molar refractivity (Wildman–Crippen MR) is 70.4 cm³/mol. The molecule has 0 aliphatic rings. The highest BCUT2D eigenvalue weighted by Crippen LogP contribution is 2.15. The van der Waals surface area contributed by atoms with Gasteiger partial charge < -0.3 is 5.11 Å². The van der Waals surface area contributed by atoms with Crippen molar-refractivity contribution in [2.75, 3.05) is 0 Å². The Hall–Kier alpha value is -1.94. The average Bonchev–Trinajstić information content (AvgIpc) is 2.36. The summed E-state index contributed by atoms with van der Waals surface area (Å²) in [6.07, 6.45) is 0.984. The minimum Gasteiger partial charge on any atom is -0.392 e. The molecule has 1 unspecified atom stereocenters. The lowest BCUT2D eigenvalue weighted by atomic mass is 10.2. The molecule has 94 valence electrons. The van der Waals surface area contributed by atoms with E-state index in [1.807, 2.05) is 30.3 Å². The number of aryl methyl sites for hydroxylation is 1. The van der Waals surface area contributed by atoms with Gasteiger partial charge in [-0.15, -0.1) is 0 Å². The highest BCUT2D eigenvalue weighted by Gasteiger charge is 2.11. The Balaban J connectivity index is 2.61. The molecule has 0 saturated carbocycles. The van der Waals surface area contributed by atoms with E-state index in [-0.39, 0.29) is 12.1 Å². The van der Waals surface area contributed by atoms with Crippen molar-refractivity contribution >= 4 is 0 Å². The number of rotatable bonds is 3. The van der Waals surface area contributed by atoms with Gasteiger partial charge >= 0.3 is 0 Å². The van der Waals surface area contributed by atoms with Crippen molar-refractivity contribution in [3.8, 4) is 11.4 Å². The number of nitrogens with zero attached hydrogens (tertiary/aromatic N) is 2. The number of hydrogen-bond acceptors (Lipinski definition) is 3. The van der Waals surface area contributed by atoms with Crippen molar-refractivity contribution < 1.29 is 5.11 Å². The molecule has 0 saturated heterocycles. The van der Waals surface area contributed by atoms with Crippen LogP contribution in [0, 0.1) is 6.92 Å². The van der Waals surface area contributed by atoms with Crippen LogP contribution in [0.3, 0.4) is 0 Å². The molecule has 2 aromatic rings. The third kappa shape index (κ3) is 2.49. The molecule has 4 heteroatoms. The van der Waals surface area contributed by atoms with Gasteiger partial charge in [0.2, 0.25) is 0 Å². The van der Waals surface area contributed by atoms with Gasteiger partial charge in [-0.05, 0) is 13.8 Å². The number of aliphatic hydroxyl groups excluding tert-OH is 1.